The van der Waals surface area contributed by atoms with E-state index in [9.17, 15) is 0 Å². The van der Waals surface area contributed by atoms with Crippen LogP contribution in [0, 0.1) is 0 Å². The van der Waals surface area contributed by atoms with Crippen LogP contribution in [-0.2, 0) is 18.9 Å². The Kier molecular flexibility index (Phi) is 5.60. The van der Waals surface area contributed by atoms with Gasteiger partial charge in [-0.2, -0.15) is 0 Å². The van der Waals surface area contributed by atoms with Gasteiger partial charge in [-0.1, -0.05) is 6.07 Å². The van der Waals surface area contributed by atoms with Gasteiger partial charge in [-0.15, -0.1) is 0 Å². The van der Waals surface area contributed by atoms with Crippen molar-refractivity contribution in [2.24, 2.45) is 0 Å². The van der Waals surface area contributed by atoms with Crippen molar-refractivity contribution in [3.63, 3.8) is 0 Å². The summed E-state index contributed by atoms with van der Waals surface area (Å²) >= 11 is 2.08. The van der Waals surface area contributed by atoms with Crippen LogP contribution >= 0.6 is 0 Å². The Morgan fingerprint density at radius 3 is 1.93 bits per heavy atom. The second kappa shape index (κ2) is 7.10. The third kappa shape index (κ3) is 5.26. The summed E-state index contributed by atoms with van der Waals surface area (Å²) in [6.45, 7) is 3.66. The largest absolute Gasteiger partial charge is 0.265 e. The van der Waals surface area contributed by atoms with E-state index in [0.29, 0.717) is 0 Å². The molecule has 78 valence electrons. The molecule has 1 aromatic heterocycles. The smallest absolute Gasteiger partial charge is 0.0267 e. The van der Waals surface area contributed by atoms with E-state index in [1.54, 1.807) is 12.4 Å². The van der Waals surface area contributed by atoms with Crippen LogP contribution in [0.25, 0.3) is 6.08 Å². The van der Waals surface area contributed by atoms with Gasteiger partial charge in [-0.05, 0) is 12.1 Å². The molecule has 0 fully saturated rings. The third-order valence-corrected chi connectivity index (χ3v) is 2.46. The second-order valence-corrected chi connectivity index (χ2v) is 4.14. The zero-order valence-electron chi connectivity index (χ0n) is 8.26. The summed E-state index contributed by atoms with van der Waals surface area (Å²) in [4.78, 5) is 3.78. The van der Waals surface area contributed by atoms with Gasteiger partial charge in [0.25, 0.3) is 0 Å². The maximum atomic E-state index is 3.78. The third-order valence-electron chi connectivity index (χ3n) is 1.66. The summed E-state index contributed by atoms with van der Waals surface area (Å²) < 4.78 is 1.29. The Labute approximate surface area is 101 Å². The second-order valence-electron chi connectivity index (χ2n) is 2.75. The van der Waals surface area contributed by atoms with Gasteiger partial charge in [-0.3, -0.25) is 4.98 Å². The molecule has 0 saturated carbocycles. The molecule has 1 nitrogen and oxygen atoms in total. The van der Waals surface area contributed by atoms with Crippen molar-refractivity contribution in [3.8, 4) is 0 Å². The fraction of sp³-hybridized carbons (Fsp3) is 0. The SMILES string of the molecule is C=Cc1cc[c]([Ir])cc1.c1ccncc1. The van der Waals surface area contributed by atoms with Crippen LogP contribution in [0.4, 0.5) is 0 Å². The molecule has 0 amide bonds. The molecular formula is C13H12IrN. The van der Waals surface area contributed by atoms with Crippen molar-refractivity contribution in [1.82, 2.24) is 4.98 Å². The van der Waals surface area contributed by atoms with Crippen molar-refractivity contribution in [3.05, 3.63) is 67.0 Å². The molecule has 0 atom stereocenters. The minimum atomic E-state index is 1.18. The topological polar surface area (TPSA) is 12.9 Å². The van der Waals surface area contributed by atoms with Gasteiger partial charge < -0.3 is 0 Å². The molecule has 0 radical (unpaired) electrons. The summed E-state index contributed by atoms with van der Waals surface area (Å²) in [5, 5.41) is 0. The first kappa shape index (κ1) is 11.8. The van der Waals surface area contributed by atoms with E-state index >= 15 is 0 Å². The first-order chi connectivity index (χ1) is 7.33. The molecule has 0 aliphatic rings. The zero-order valence-corrected chi connectivity index (χ0v) is 10.7. The van der Waals surface area contributed by atoms with Gasteiger partial charge in [0.2, 0.25) is 0 Å². The average Bonchev–Trinajstić information content (AvgIpc) is 2.33. The number of hydrogen-bond donors (Lipinski definition) is 0. The van der Waals surface area contributed by atoms with E-state index in [1.807, 2.05) is 24.3 Å². The predicted molar refractivity (Wildman–Crippen MR) is 60.4 cm³/mol. The Morgan fingerprint density at radius 1 is 1.00 bits per heavy atom. The molecule has 0 aliphatic heterocycles. The van der Waals surface area contributed by atoms with Gasteiger partial charge >= 0.3 is 65.5 Å². The fourth-order valence-electron chi connectivity index (χ4n) is 0.904. The van der Waals surface area contributed by atoms with Gasteiger partial charge in [0, 0.05) is 12.4 Å². The Bertz CT molecular complexity index is 354. The quantitative estimate of drug-likeness (QED) is 0.748. The maximum Gasteiger partial charge on any atom is 0.0267 e. The molecule has 1 heterocycles. The summed E-state index contributed by atoms with van der Waals surface area (Å²) in [7, 11) is 0. The maximum absolute atomic E-state index is 3.78. The number of nitrogens with zero attached hydrogens (tertiary/aromatic N) is 1. The molecule has 2 aromatic rings. The summed E-state index contributed by atoms with van der Waals surface area (Å²) in [6, 6.07) is 14.0. The van der Waals surface area contributed by atoms with E-state index in [0.717, 1.165) is 0 Å². The van der Waals surface area contributed by atoms with Crippen LogP contribution in [-0.4, -0.2) is 4.98 Å². The molecule has 2 heteroatoms. The van der Waals surface area contributed by atoms with Crippen LogP contribution in [0.15, 0.2) is 61.4 Å². The van der Waals surface area contributed by atoms with Crippen molar-refractivity contribution in [1.29, 1.82) is 0 Å². The van der Waals surface area contributed by atoms with Gasteiger partial charge in [0.05, 0.1) is 0 Å². The molecule has 2 rings (SSSR count). The molecule has 0 aliphatic carbocycles. The number of benzene rings is 1. The minimum absolute atomic E-state index is 1.18. The molecule has 0 saturated heterocycles. The number of rotatable bonds is 1. The van der Waals surface area contributed by atoms with E-state index < -0.39 is 0 Å². The van der Waals surface area contributed by atoms with Crippen LogP contribution < -0.4 is 4.08 Å². The molecule has 0 bridgehead atoms. The number of hydrogen-bond acceptors (Lipinski definition) is 1. The summed E-state index contributed by atoms with van der Waals surface area (Å²) in [6.07, 6.45) is 5.35. The fourth-order valence-corrected chi connectivity index (χ4v) is 1.30. The first-order valence-electron chi connectivity index (χ1n) is 4.53. The van der Waals surface area contributed by atoms with E-state index in [4.69, 9.17) is 0 Å². The van der Waals surface area contributed by atoms with Crippen LogP contribution in [0.3, 0.4) is 0 Å². The monoisotopic (exact) mass is 375 g/mol. The van der Waals surface area contributed by atoms with Crippen molar-refractivity contribution >= 4 is 10.2 Å². The van der Waals surface area contributed by atoms with Crippen LogP contribution in [0.1, 0.15) is 5.56 Å². The van der Waals surface area contributed by atoms with E-state index in [1.165, 1.54) is 9.64 Å². The Morgan fingerprint density at radius 2 is 1.60 bits per heavy atom. The molecule has 15 heavy (non-hydrogen) atoms. The van der Waals surface area contributed by atoms with Crippen molar-refractivity contribution in [2.45, 2.75) is 0 Å². The van der Waals surface area contributed by atoms with Crippen molar-refractivity contribution < 1.29 is 18.9 Å². The van der Waals surface area contributed by atoms with Gasteiger partial charge in [0.15, 0.2) is 0 Å². The van der Waals surface area contributed by atoms with Crippen molar-refractivity contribution in [2.75, 3.05) is 0 Å². The number of pyridine rings is 1. The molecule has 0 N–H and O–H groups in total. The van der Waals surface area contributed by atoms with Crippen LogP contribution in [0.5, 0.6) is 0 Å². The Hall–Kier alpha value is -1.24. The molecule has 0 spiro atoms. The number of aromatic nitrogens is 1. The van der Waals surface area contributed by atoms with E-state index in [2.05, 4.69) is 54.7 Å². The zero-order chi connectivity index (χ0) is 10.9. The van der Waals surface area contributed by atoms with Gasteiger partial charge in [0.1, 0.15) is 0 Å². The normalized spacial score (nSPS) is 8.67. The standard InChI is InChI=1S/C8H7.C5H5N.Ir/c1-2-8-6-4-3-5-7-8;1-2-4-6-5-3-1;/h2,4-7H,1H2;1-5H;. The first-order valence-corrected chi connectivity index (χ1v) is 5.73. The molecule has 0 unspecified atom stereocenters. The average molecular weight is 374 g/mol. The van der Waals surface area contributed by atoms with E-state index in [-0.39, 0.29) is 0 Å². The van der Waals surface area contributed by atoms with Gasteiger partial charge in [-0.25, -0.2) is 0 Å². The predicted octanol–water partition coefficient (Wildman–Crippen LogP) is 2.58. The molecule has 1 aromatic carbocycles. The minimum Gasteiger partial charge on any atom is -0.265 e. The molecular weight excluding hydrogens is 362 g/mol. The Balaban J connectivity index is 0.000000162. The van der Waals surface area contributed by atoms with Crippen LogP contribution in [0.2, 0.25) is 0 Å². The summed E-state index contributed by atoms with van der Waals surface area (Å²) in [5.41, 5.74) is 1.18. The summed E-state index contributed by atoms with van der Waals surface area (Å²) in [5.74, 6) is 0.